The van der Waals surface area contributed by atoms with Gasteiger partial charge in [0, 0.05) is 42.9 Å². The van der Waals surface area contributed by atoms with Gasteiger partial charge in [-0.25, -0.2) is 9.97 Å². The third-order valence-corrected chi connectivity index (χ3v) is 6.65. The molecule has 33 heavy (non-hydrogen) atoms. The number of fused-ring (bicyclic) bond motifs is 3. The molecule has 0 unspecified atom stereocenters. The molecule has 6 nitrogen and oxygen atoms in total. The molecule has 0 spiro atoms. The molecule has 3 aromatic rings. The Morgan fingerprint density at radius 3 is 2.79 bits per heavy atom. The number of hydrogen-bond acceptors (Lipinski definition) is 6. The first-order valence-corrected chi connectivity index (χ1v) is 12.1. The molecule has 1 fully saturated rings. The number of piperidine rings is 1. The van der Waals surface area contributed by atoms with Crippen molar-refractivity contribution in [1.82, 2.24) is 19.9 Å². The molecule has 1 aromatic carbocycles. The molecular formula is C27H31N5O. The van der Waals surface area contributed by atoms with Gasteiger partial charge in [0.25, 0.3) is 0 Å². The van der Waals surface area contributed by atoms with E-state index in [2.05, 4.69) is 27.3 Å². The van der Waals surface area contributed by atoms with Crippen LogP contribution in [0.15, 0.2) is 42.7 Å². The van der Waals surface area contributed by atoms with Gasteiger partial charge in [-0.15, -0.1) is 0 Å². The molecule has 2 aromatic heterocycles. The summed E-state index contributed by atoms with van der Waals surface area (Å²) in [4.78, 5) is 28.6. The Kier molecular flexibility index (Phi) is 6.44. The number of benzene rings is 1. The summed E-state index contributed by atoms with van der Waals surface area (Å²) >= 11 is 0. The number of ketones is 1. The number of nitrogens with zero attached hydrogens (tertiary/aromatic N) is 4. The summed E-state index contributed by atoms with van der Waals surface area (Å²) in [7, 11) is 0. The lowest BCUT2D eigenvalue weighted by Gasteiger charge is -2.26. The fraction of sp³-hybridized carbons (Fsp3) is 0.407. The summed E-state index contributed by atoms with van der Waals surface area (Å²) in [5.41, 5.74) is 6.28. The quantitative estimate of drug-likeness (QED) is 0.320. The summed E-state index contributed by atoms with van der Waals surface area (Å²) in [6, 6.07) is 9.99. The molecule has 1 N–H and O–H groups in total. The lowest BCUT2D eigenvalue weighted by molar-refractivity contribution is 0.101. The number of nitrogens with one attached hydrogen (secondary N) is 1. The molecule has 1 saturated heterocycles. The van der Waals surface area contributed by atoms with Crippen molar-refractivity contribution in [1.29, 1.82) is 0 Å². The number of aromatic nitrogens is 3. The molecule has 2 aliphatic rings. The molecule has 3 heterocycles. The van der Waals surface area contributed by atoms with Crippen molar-refractivity contribution in [2.75, 3.05) is 31.5 Å². The van der Waals surface area contributed by atoms with Crippen molar-refractivity contribution < 1.29 is 4.79 Å². The highest BCUT2D eigenvalue weighted by Crippen LogP contribution is 2.40. The zero-order valence-electron chi connectivity index (χ0n) is 19.3. The van der Waals surface area contributed by atoms with Gasteiger partial charge in [0.2, 0.25) is 0 Å². The van der Waals surface area contributed by atoms with Crippen LogP contribution in [0.25, 0.3) is 11.1 Å². The van der Waals surface area contributed by atoms with Crippen LogP contribution < -0.4 is 5.32 Å². The van der Waals surface area contributed by atoms with E-state index in [1.165, 1.54) is 32.4 Å². The lowest BCUT2D eigenvalue weighted by Crippen LogP contribution is -2.31. The third-order valence-electron chi connectivity index (χ3n) is 6.65. The topological polar surface area (TPSA) is 71.0 Å². The molecule has 0 saturated carbocycles. The van der Waals surface area contributed by atoms with Crippen LogP contribution in [-0.4, -0.2) is 51.8 Å². The smallest absolute Gasteiger partial charge is 0.159 e. The van der Waals surface area contributed by atoms with Crippen LogP contribution in [0.5, 0.6) is 0 Å². The van der Waals surface area contributed by atoms with E-state index < -0.39 is 0 Å². The molecular weight excluding hydrogens is 410 g/mol. The van der Waals surface area contributed by atoms with E-state index in [0.717, 1.165) is 71.1 Å². The van der Waals surface area contributed by atoms with E-state index in [-0.39, 0.29) is 5.78 Å². The molecule has 5 rings (SSSR count). The largest absolute Gasteiger partial charge is 0.369 e. The predicted octanol–water partition coefficient (Wildman–Crippen LogP) is 4.52. The first-order valence-electron chi connectivity index (χ1n) is 12.1. The van der Waals surface area contributed by atoms with Crippen molar-refractivity contribution in [3.63, 3.8) is 0 Å². The van der Waals surface area contributed by atoms with Crippen LogP contribution in [0, 0.1) is 0 Å². The van der Waals surface area contributed by atoms with Crippen LogP contribution >= 0.6 is 0 Å². The highest BCUT2D eigenvalue weighted by Gasteiger charge is 2.26. The van der Waals surface area contributed by atoms with Gasteiger partial charge in [0.15, 0.2) is 5.78 Å². The van der Waals surface area contributed by atoms with Gasteiger partial charge in [0.1, 0.15) is 11.6 Å². The Morgan fingerprint density at radius 2 is 2.00 bits per heavy atom. The Labute approximate surface area is 195 Å². The Balaban J connectivity index is 1.39. The maximum absolute atomic E-state index is 11.9. The molecule has 1 aliphatic heterocycles. The van der Waals surface area contributed by atoms with Crippen molar-refractivity contribution >= 4 is 11.6 Å². The summed E-state index contributed by atoms with van der Waals surface area (Å²) in [5.74, 6) is 1.81. The number of anilines is 1. The van der Waals surface area contributed by atoms with Crippen molar-refractivity contribution in [2.45, 2.75) is 45.4 Å². The summed E-state index contributed by atoms with van der Waals surface area (Å²) in [6.45, 7) is 6.08. The average molecular weight is 442 g/mol. The van der Waals surface area contributed by atoms with Crippen molar-refractivity contribution in [3.05, 3.63) is 70.9 Å². The van der Waals surface area contributed by atoms with E-state index in [0.29, 0.717) is 6.42 Å². The van der Waals surface area contributed by atoms with Crippen LogP contribution in [-0.2, 0) is 12.8 Å². The van der Waals surface area contributed by atoms with E-state index in [1.54, 1.807) is 13.1 Å². The molecule has 0 radical (unpaired) electrons. The minimum absolute atomic E-state index is 0.0909. The van der Waals surface area contributed by atoms with Gasteiger partial charge in [0.05, 0.1) is 5.69 Å². The molecule has 0 atom stereocenters. The van der Waals surface area contributed by atoms with Crippen LogP contribution in [0.2, 0.25) is 0 Å². The minimum Gasteiger partial charge on any atom is -0.369 e. The van der Waals surface area contributed by atoms with E-state index in [9.17, 15) is 4.79 Å². The van der Waals surface area contributed by atoms with E-state index in [1.807, 2.05) is 24.4 Å². The normalized spacial score (nSPS) is 15.2. The minimum atomic E-state index is 0.0909. The monoisotopic (exact) mass is 441 g/mol. The molecule has 0 amide bonds. The van der Waals surface area contributed by atoms with E-state index >= 15 is 0 Å². The van der Waals surface area contributed by atoms with E-state index in [4.69, 9.17) is 9.97 Å². The maximum Gasteiger partial charge on any atom is 0.159 e. The number of Topliss-reactive ketones (excluding diaryl/α,β-unsaturated/α-hetero) is 1. The molecule has 6 heteroatoms. The number of likely N-dealkylation sites (tertiary alicyclic amines) is 1. The maximum atomic E-state index is 11.9. The lowest BCUT2D eigenvalue weighted by atomic mass is 10.0. The zero-order valence-corrected chi connectivity index (χ0v) is 19.3. The van der Waals surface area contributed by atoms with Crippen LogP contribution in [0.4, 0.5) is 5.82 Å². The summed E-state index contributed by atoms with van der Waals surface area (Å²) < 4.78 is 0. The Hall–Kier alpha value is -3.12. The second-order valence-corrected chi connectivity index (χ2v) is 9.14. The number of pyridine rings is 1. The van der Waals surface area contributed by atoms with Crippen molar-refractivity contribution in [2.24, 2.45) is 0 Å². The molecule has 1 aliphatic carbocycles. The van der Waals surface area contributed by atoms with Gasteiger partial charge >= 0.3 is 0 Å². The first kappa shape index (κ1) is 21.7. The molecule has 0 bridgehead atoms. The highest BCUT2D eigenvalue weighted by atomic mass is 16.1. The fourth-order valence-corrected chi connectivity index (χ4v) is 4.94. The zero-order chi connectivity index (χ0) is 22.6. The third kappa shape index (κ3) is 4.96. The standard InChI is InChI=1S/C27H31N5O/c1-19(33)21-8-9-23-22(16-21)17-24-26(23)27(29-11-6-14-32-12-3-2-4-13-32)31-25(30-24)15-20-7-5-10-28-18-20/h5,7-10,16,18H,2-4,6,11-15,17H2,1H3,(H,29,30,31). The number of rotatable bonds is 8. The van der Waals surface area contributed by atoms with Gasteiger partial charge in [-0.2, -0.15) is 0 Å². The number of hydrogen-bond donors (Lipinski definition) is 1. The SMILES string of the molecule is CC(=O)c1ccc2c(c1)Cc1nc(Cc3cccnc3)nc(NCCCN3CCCCC3)c1-2. The highest BCUT2D eigenvalue weighted by molar-refractivity contribution is 5.96. The van der Waals surface area contributed by atoms with Gasteiger partial charge in [-0.3, -0.25) is 9.78 Å². The van der Waals surface area contributed by atoms with Crippen LogP contribution in [0.1, 0.15) is 65.6 Å². The number of carbonyl (C=O) groups is 1. The van der Waals surface area contributed by atoms with Gasteiger partial charge in [-0.1, -0.05) is 24.6 Å². The van der Waals surface area contributed by atoms with Gasteiger partial charge in [-0.05, 0) is 74.6 Å². The summed E-state index contributed by atoms with van der Waals surface area (Å²) in [6.07, 6.45) is 10.1. The van der Waals surface area contributed by atoms with Gasteiger partial charge < -0.3 is 10.2 Å². The first-order chi connectivity index (χ1) is 16.2. The molecule has 170 valence electrons. The van der Waals surface area contributed by atoms with Crippen molar-refractivity contribution in [3.8, 4) is 11.1 Å². The Morgan fingerprint density at radius 1 is 1.12 bits per heavy atom. The predicted molar refractivity (Wildman–Crippen MR) is 131 cm³/mol. The number of carbonyl (C=O) groups excluding carboxylic acids is 1. The Bertz CT molecular complexity index is 1140. The second-order valence-electron chi connectivity index (χ2n) is 9.14. The average Bonchev–Trinajstić information content (AvgIpc) is 3.20. The fourth-order valence-electron chi connectivity index (χ4n) is 4.94. The second kappa shape index (κ2) is 9.79. The summed E-state index contributed by atoms with van der Waals surface area (Å²) in [5, 5.41) is 3.63. The van der Waals surface area contributed by atoms with Crippen LogP contribution in [0.3, 0.4) is 0 Å².